The number of benzene rings is 3. The molecule has 0 atom stereocenters. The Bertz CT molecular complexity index is 1610. The Morgan fingerprint density at radius 3 is 2.53 bits per heavy atom. The third kappa shape index (κ3) is 3.12. The zero-order valence-electron chi connectivity index (χ0n) is 18.3. The summed E-state index contributed by atoms with van der Waals surface area (Å²) in [4.78, 5) is 6.07. The second-order valence-corrected chi connectivity index (χ2v) is 10.4. The van der Waals surface area contributed by atoms with Crippen LogP contribution in [0.2, 0.25) is 0 Å². The first-order valence-corrected chi connectivity index (χ1v) is 11.7. The summed E-state index contributed by atoms with van der Waals surface area (Å²) in [5.74, 6) is 0. The molecule has 0 N–H and O–H groups in total. The lowest BCUT2D eigenvalue weighted by atomic mass is 9.82. The van der Waals surface area contributed by atoms with Crippen LogP contribution < -0.4 is 0 Å². The molecule has 32 heavy (non-hydrogen) atoms. The van der Waals surface area contributed by atoms with E-state index in [1.165, 1.54) is 42.4 Å². The van der Waals surface area contributed by atoms with E-state index in [0.29, 0.717) is 0 Å². The number of rotatable bonds is 2. The number of pyridine rings is 1. The molecule has 2 nitrogen and oxygen atoms in total. The van der Waals surface area contributed by atoms with Crippen molar-refractivity contribution in [2.45, 2.75) is 26.2 Å². The van der Waals surface area contributed by atoms with Crippen molar-refractivity contribution >= 4 is 43.2 Å². The summed E-state index contributed by atoms with van der Waals surface area (Å²) in [5.41, 5.74) is 5.71. The van der Waals surface area contributed by atoms with Gasteiger partial charge in [0.1, 0.15) is 5.58 Å². The normalized spacial score (nSPS) is 12.2. The summed E-state index contributed by atoms with van der Waals surface area (Å²) >= 11 is 1.80. The Balaban J connectivity index is 1.56. The molecule has 0 saturated heterocycles. The highest BCUT2D eigenvalue weighted by Crippen LogP contribution is 2.41. The molecule has 0 bridgehead atoms. The number of hydrogen-bond donors (Lipinski definition) is 0. The Hall–Kier alpha value is -3.43. The summed E-state index contributed by atoms with van der Waals surface area (Å²) in [7, 11) is 0. The van der Waals surface area contributed by atoms with Crippen LogP contribution in [0.1, 0.15) is 26.3 Å². The van der Waals surface area contributed by atoms with Crippen molar-refractivity contribution in [1.29, 1.82) is 0 Å². The van der Waals surface area contributed by atoms with Crippen molar-refractivity contribution in [3.63, 3.8) is 0 Å². The van der Waals surface area contributed by atoms with Crippen LogP contribution in [0, 0.1) is 0 Å². The minimum atomic E-state index is 0.0442. The lowest BCUT2D eigenvalue weighted by molar-refractivity contribution is 0.596. The molecule has 0 aliphatic carbocycles. The lowest BCUT2D eigenvalue weighted by Crippen LogP contribution is -2.12. The summed E-state index contributed by atoms with van der Waals surface area (Å²) in [6.45, 7) is 6.84. The van der Waals surface area contributed by atoms with E-state index in [1.54, 1.807) is 17.6 Å². The summed E-state index contributed by atoms with van der Waals surface area (Å²) in [6.07, 6.45) is 3.67. The van der Waals surface area contributed by atoms with Gasteiger partial charge in [-0.3, -0.25) is 4.98 Å². The van der Waals surface area contributed by atoms with Crippen LogP contribution in [0.15, 0.2) is 89.7 Å². The molecule has 6 aromatic rings. The molecule has 0 radical (unpaired) electrons. The number of furan rings is 1. The number of aromatic nitrogens is 1. The first-order valence-electron chi connectivity index (χ1n) is 10.9. The molecule has 0 aliphatic rings. The standard InChI is InChI=1S/C29H23NOS/c1-29(2,3)24-15-22(14-19-6-4-5-7-23(19)24)27-28-21(10-12-30-27)17-26(32-28)20-9-8-18-11-13-31-25(18)16-20/h4-17H,1-3H3. The third-order valence-electron chi connectivity index (χ3n) is 6.12. The van der Waals surface area contributed by atoms with Crippen LogP contribution in [0.4, 0.5) is 0 Å². The van der Waals surface area contributed by atoms with Gasteiger partial charge in [-0.05, 0) is 69.1 Å². The Kier molecular flexibility index (Phi) is 4.24. The molecule has 0 amide bonds. The Morgan fingerprint density at radius 1 is 0.781 bits per heavy atom. The predicted octanol–water partition coefficient (Wildman–Crippen LogP) is 8.83. The number of thiophene rings is 1. The van der Waals surface area contributed by atoms with Crippen molar-refractivity contribution < 1.29 is 4.42 Å². The van der Waals surface area contributed by atoms with Gasteiger partial charge >= 0.3 is 0 Å². The first-order chi connectivity index (χ1) is 15.5. The van der Waals surface area contributed by atoms with Gasteiger partial charge in [-0.1, -0.05) is 57.2 Å². The van der Waals surface area contributed by atoms with Gasteiger partial charge in [-0.2, -0.15) is 0 Å². The highest BCUT2D eigenvalue weighted by atomic mass is 32.1. The van der Waals surface area contributed by atoms with Crippen LogP contribution in [0.25, 0.3) is 53.5 Å². The van der Waals surface area contributed by atoms with Crippen molar-refractivity contribution in [2.75, 3.05) is 0 Å². The average molecular weight is 434 g/mol. The quantitative estimate of drug-likeness (QED) is 0.273. The zero-order valence-corrected chi connectivity index (χ0v) is 19.2. The van der Waals surface area contributed by atoms with E-state index in [2.05, 4.69) is 87.5 Å². The maximum atomic E-state index is 5.63. The van der Waals surface area contributed by atoms with Crippen LogP contribution in [-0.2, 0) is 5.41 Å². The van der Waals surface area contributed by atoms with E-state index < -0.39 is 0 Å². The molecule has 6 rings (SSSR count). The van der Waals surface area contributed by atoms with Gasteiger partial charge in [-0.15, -0.1) is 11.3 Å². The Morgan fingerprint density at radius 2 is 1.66 bits per heavy atom. The lowest BCUT2D eigenvalue weighted by Gasteiger charge is -2.22. The molecule has 3 aromatic heterocycles. The molecule has 156 valence electrons. The predicted molar refractivity (Wildman–Crippen MR) is 136 cm³/mol. The second kappa shape index (κ2) is 7.04. The fourth-order valence-corrected chi connectivity index (χ4v) is 5.65. The highest BCUT2D eigenvalue weighted by Gasteiger charge is 2.20. The van der Waals surface area contributed by atoms with Crippen molar-refractivity contribution in [2.24, 2.45) is 0 Å². The van der Waals surface area contributed by atoms with Gasteiger partial charge in [0.15, 0.2) is 0 Å². The topological polar surface area (TPSA) is 26.0 Å². The fraction of sp³-hybridized carbons (Fsp3) is 0.138. The first kappa shape index (κ1) is 19.3. The van der Waals surface area contributed by atoms with E-state index in [0.717, 1.165) is 16.7 Å². The maximum absolute atomic E-state index is 5.63. The zero-order chi connectivity index (χ0) is 21.9. The van der Waals surface area contributed by atoms with Crippen LogP contribution in [0.3, 0.4) is 0 Å². The third-order valence-corrected chi connectivity index (χ3v) is 7.32. The number of hydrogen-bond acceptors (Lipinski definition) is 3. The number of fused-ring (bicyclic) bond motifs is 3. The van der Waals surface area contributed by atoms with Gasteiger partial charge in [0.25, 0.3) is 0 Å². The van der Waals surface area contributed by atoms with E-state index in [-0.39, 0.29) is 5.41 Å². The van der Waals surface area contributed by atoms with E-state index in [4.69, 9.17) is 9.40 Å². The molecule has 0 fully saturated rings. The van der Waals surface area contributed by atoms with Crippen molar-refractivity contribution in [3.8, 4) is 21.7 Å². The molecule has 0 unspecified atom stereocenters. The Labute approximate surface area is 191 Å². The van der Waals surface area contributed by atoms with Crippen LogP contribution in [-0.4, -0.2) is 4.98 Å². The number of nitrogens with zero attached hydrogens (tertiary/aromatic N) is 1. The molecule has 3 heteroatoms. The molecule has 0 spiro atoms. The van der Waals surface area contributed by atoms with E-state index >= 15 is 0 Å². The summed E-state index contributed by atoms with van der Waals surface area (Å²) in [5, 5.41) is 4.92. The average Bonchev–Trinajstić information content (AvgIpc) is 3.43. The van der Waals surface area contributed by atoms with Gasteiger partial charge in [0.05, 0.1) is 16.7 Å². The largest absolute Gasteiger partial charge is 0.464 e. The molecule has 0 aliphatic heterocycles. The molecular formula is C29H23NOS. The van der Waals surface area contributed by atoms with Gasteiger partial charge in [-0.25, -0.2) is 0 Å². The van der Waals surface area contributed by atoms with Crippen molar-refractivity contribution in [3.05, 3.63) is 90.8 Å². The van der Waals surface area contributed by atoms with Crippen LogP contribution in [0.5, 0.6) is 0 Å². The van der Waals surface area contributed by atoms with Gasteiger partial charge in [0, 0.05) is 22.0 Å². The minimum absolute atomic E-state index is 0.0442. The minimum Gasteiger partial charge on any atom is -0.464 e. The van der Waals surface area contributed by atoms with E-state index in [9.17, 15) is 0 Å². The maximum Gasteiger partial charge on any atom is 0.134 e. The molecule has 0 saturated carbocycles. The van der Waals surface area contributed by atoms with E-state index in [1.807, 2.05) is 12.3 Å². The summed E-state index contributed by atoms with van der Waals surface area (Å²) < 4.78 is 6.84. The SMILES string of the molecule is CC(C)(C)c1cc(-c2nccc3cc(-c4ccc5ccoc5c4)sc23)cc2ccccc12. The second-order valence-electron chi connectivity index (χ2n) is 9.36. The van der Waals surface area contributed by atoms with Gasteiger partial charge < -0.3 is 4.42 Å². The molecular weight excluding hydrogens is 410 g/mol. The summed E-state index contributed by atoms with van der Waals surface area (Å²) in [6, 6.07) is 26.1. The van der Waals surface area contributed by atoms with Crippen molar-refractivity contribution in [1.82, 2.24) is 4.98 Å². The van der Waals surface area contributed by atoms with Crippen LogP contribution >= 0.6 is 11.3 Å². The molecule has 3 heterocycles. The molecule has 3 aromatic carbocycles. The fourth-order valence-electron chi connectivity index (χ4n) is 4.49. The monoisotopic (exact) mass is 433 g/mol. The smallest absolute Gasteiger partial charge is 0.134 e. The van der Waals surface area contributed by atoms with Gasteiger partial charge in [0.2, 0.25) is 0 Å². The highest BCUT2D eigenvalue weighted by molar-refractivity contribution is 7.22.